The number of aromatic nitrogens is 1. The van der Waals surface area contributed by atoms with Gasteiger partial charge in [0.25, 0.3) is 0 Å². The molecule has 2 nitrogen and oxygen atoms in total. The van der Waals surface area contributed by atoms with E-state index in [0.29, 0.717) is 0 Å². The van der Waals surface area contributed by atoms with E-state index in [4.69, 9.17) is 0 Å². The predicted octanol–water partition coefficient (Wildman–Crippen LogP) is 2.94. The van der Waals surface area contributed by atoms with Crippen LogP contribution in [-0.2, 0) is 13.0 Å². The van der Waals surface area contributed by atoms with Crippen LogP contribution in [0.4, 0.5) is 5.82 Å². The van der Waals surface area contributed by atoms with Gasteiger partial charge in [-0.2, -0.15) is 0 Å². The van der Waals surface area contributed by atoms with Crippen molar-refractivity contribution in [2.45, 2.75) is 39.2 Å². The van der Waals surface area contributed by atoms with Gasteiger partial charge < -0.3 is 4.57 Å². The summed E-state index contributed by atoms with van der Waals surface area (Å²) in [5.41, 5.74) is 1.44. The third-order valence-electron chi connectivity index (χ3n) is 2.50. The summed E-state index contributed by atoms with van der Waals surface area (Å²) >= 11 is 0. The fourth-order valence-electron chi connectivity index (χ4n) is 1.75. The summed E-state index contributed by atoms with van der Waals surface area (Å²) in [4.78, 5) is 4.29. The number of rotatable bonds is 4. The number of hydrogen-bond acceptors (Lipinski definition) is 1. The topological polar surface area (TPSA) is 17.3 Å². The number of unbranched alkanes of at least 4 members (excludes halogenated alkanes) is 2. The minimum Gasteiger partial charge on any atom is -0.327 e. The highest BCUT2D eigenvalue weighted by Gasteiger charge is 2.07. The molecule has 0 radical (unpaired) electrons. The standard InChI is InChI=1S/C11H16N2/c1-2-3-4-5-10-8-11-12-6-7-13(11)9-10/h6,8-9H,2-5,7H2,1H3. The second kappa shape index (κ2) is 3.77. The Labute approximate surface area is 79.3 Å². The first-order valence-electron chi connectivity index (χ1n) is 5.11. The van der Waals surface area contributed by atoms with Gasteiger partial charge in [0.05, 0.1) is 6.54 Å². The van der Waals surface area contributed by atoms with Gasteiger partial charge in [0.15, 0.2) is 0 Å². The highest BCUT2D eigenvalue weighted by Crippen LogP contribution is 2.21. The molecule has 1 aromatic heterocycles. The molecule has 0 N–H and O–H groups in total. The average molecular weight is 176 g/mol. The summed E-state index contributed by atoms with van der Waals surface area (Å²) in [5, 5.41) is 0. The number of aryl methyl sites for hydroxylation is 1. The van der Waals surface area contributed by atoms with Crippen LogP contribution in [-0.4, -0.2) is 10.8 Å². The molecule has 70 valence electrons. The van der Waals surface area contributed by atoms with Crippen molar-refractivity contribution in [2.24, 2.45) is 4.99 Å². The molecule has 0 spiro atoms. The van der Waals surface area contributed by atoms with Crippen LogP contribution in [0.5, 0.6) is 0 Å². The lowest BCUT2D eigenvalue weighted by Crippen LogP contribution is -1.89. The van der Waals surface area contributed by atoms with Crippen molar-refractivity contribution in [2.75, 3.05) is 0 Å². The Morgan fingerprint density at radius 3 is 3.15 bits per heavy atom. The van der Waals surface area contributed by atoms with Crippen molar-refractivity contribution in [1.29, 1.82) is 0 Å². The minimum atomic E-state index is 0.961. The molecule has 0 aliphatic carbocycles. The average Bonchev–Trinajstić information content (AvgIpc) is 2.64. The van der Waals surface area contributed by atoms with Crippen molar-refractivity contribution in [1.82, 2.24) is 4.57 Å². The second-order valence-electron chi connectivity index (χ2n) is 3.63. The lowest BCUT2D eigenvalue weighted by Gasteiger charge is -1.95. The van der Waals surface area contributed by atoms with Crippen LogP contribution in [0.2, 0.25) is 0 Å². The zero-order valence-electron chi connectivity index (χ0n) is 8.16. The molecule has 0 bridgehead atoms. The maximum Gasteiger partial charge on any atom is 0.132 e. The third-order valence-corrected chi connectivity index (χ3v) is 2.50. The molecule has 0 amide bonds. The van der Waals surface area contributed by atoms with E-state index in [1.54, 1.807) is 0 Å². The predicted molar refractivity (Wildman–Crippen MR) is 55.8 cm³/mol. The zero-order chi connectivity index (χ0) is 9.10. The van der Waals surface area contributed by atoms with Crippen molar-refractivity contribution in [3.8, 4) is 0 Å². The molecule has 0 aromatic carbocycles. The summed E-state index contributed by atoms with van der Waals surface area (Å²) in [6.07, 6.45) is 9.35. The van der Waals surface area contributed by atoms with Gasteiger partial charge in [-0.05, 0) is 24.5 Å². The van der Waals surface area contributed by atoms with Crippen LogP contribution in [0.1, 0.15) is 31.7 Å². The van der Waals surface area contributed by atoms with Crippen LogP contribution in [0.15, 0.2) is 17.3 Å². The number of hydrogen-bond donors (Lipinski definition) is 0. The number of aliphatic imine (C=N–C) groups is 1. The van der Waals surface area contributed by atoms with Gasteiger partial charge in [0, 0.05) is 12.4 Å². The monoisotopic (exact) mass is 176 g/mol. The fourth-order valence-corrected chi connectivity index (χ4v) is 1.75. The number of fused-ring (bicyclic) bond motifs is 1. The maximum atomic E-state index is 4.29. The molecule has 2 rings (SSSR count). The lowest BCUT2D eigenvalue weighted by molar-refractivity contribution is 0.716. The highest BCUT2D eigenvalue weighted by atomic mass is 15.1. The Kier molecular flexibility index (Phi) is 2.48. The van der Waals surface area contributed by atoms with E-state index in [1.165, 1.54) is 31.2 Å². The Balaban J connectivity index is 1.94. The molecular weight excluding hydrogens is 160 g/mol. The van der Waals surface area contributed by atoms with Gasteiger partial charge in [-0.25, -0.2) is 4.99 Å². The first-order chi connectivity index (χ1) is 6.40. The SMILES string of the molecule is CCCCCc1cc2n(c1)CC=N2. The van der Waals surface area contributed by atoms with Crippen molar-refractivity contribution in [3.63, 3.8) is 0 Å². The summed E-state index contributed by atoms with van der Waals surface area (Å²) in [7, 11) is 0. The van der Waals surface area contributed by atoms with Crippen molar-refractivity contribution >= 4 is 12.0 Å². The van der Waals surface area contributed by atoms with E-state index < -0.39 is 0 Å². The maximum absolute atomic E-state index is 4.29. The first kappa shape index (κ1) is 8.54. The summed E-state index contributed by atoms with van der Waals surface area (Å²) in [5.74, 6) is 1.13. The fraction of sp³-hybridized carbons (Fsp3) is 0.545. The van der Waals surface area contributed by atoms with Crippen LogP contribution in [0, 0.1) is 0 Å². The van der Waals surface area contributed by atoms with E-state index in [0.717, 1.165) is 12.4 Å². The molecule has 2 heterocycles. The van der Waals surface area contributed by atoms with Crippen LogP contribution in [0.3, 0.4) is 0 Å². The van der Waals surface area contributed by atoms with Gasteiger partial charge in [0.2, 0.25) is 0 Å². The lowest BCUT2D eigenvalue weighted by atomic mass is 10.1. The Morgan fingerprint density at radius 1 is 1.46 bits per heavy atom. The molecule has 0 fully saturated rings. The Bertz CT molecular complexity index is 310. The molecule has 1 aliphatic heterocycles. The summed E-state index contributed by atoms with van der Waals surface area (Å²) in [6, 6.07) is 2.21. The quantitative estimate of drug-likeness (QED) is 0.628. The molecular formula is C11H16N2. The van der Waals surface area contributed by atoms with E-state index in [9.17, 15) is 0 Å². The Hall–Kier alpha value is -1.05. The zero-order valence-corrected chi connectivity index (χ0v) is 8.16. The summed E-state index contributed by atoms with van der Waals surface area (Å²) < 4.78 is 2.21. The summed E-state index contributed by atoms with van der Waals surface area (Å²) in [6.45, 7) is 3.20. The van der Waals surface area contributed by atoms with E-state index in [-0.39, 0.29) is 0 Å². The van der Waals surface area contributed by atoms with Gasteiger partial charge in [0.1, 0.15) is 5.82 Å². The molecule has 0 saturated heterocycles. The van der Waals surface area contributed by atoms with E-state index in [2.05, 4.69) is 28.7 Å². The smallest absolute Gasteiger partial charge is 0.132 e. The largest absolute Gasteiger partial charge is 0.327 e. The van der Waals surface area contributed by atoms with Crippen molar-refractivity contribution in [3.05, 3.63) is 17.8 Å². The minimum absolute atomic E-state index is 0.961. The van der Waals surface area contributed by atoms with Gasteiger partial charge >= 0.3 is 0 Å². The number of nitrogens with zero attached hydrogens (tertiary/aromatic N) is 2. The van der Waals surface area contributed by atoms with Gasteiger partial charge in [-0.3, -0.25) is 0 Å². The van der Waals surface area contributed by atoms with E-state index >= 15 is 0 Å². The van der Waals surface area contributed by atoms with Gasteiger partial charge in [-0.1, -0.05) is 19.8 Å². The highest BCUT2D eigenvalue weighted by molar-refractivity contribution is 5.67. The molecule has 2 heteroatoms. The Morgan fingerprint density at radius 2 is 2.38 bits per heavy atom. The second-order valence-corrected chi connectivity index (χ2v) is 3.63. The van der Waals surface area contributed by atoms with Crippen LogP contribution >= 0.6 is 0 Å². The molecule has 1 aliphatic rings. The van der Waals surface area contributed by atoms with Crippen molar-refractivity contribution < 1.29 is 0 Å². The van der Waals surface area contributed by atoms with Crippen LogP contribution < -0.4 is 0 Å². The molecule has 0 saturated carbocycles. The molecule has 0 atom stereocenters. The molecule has 13 heavy (non-hydrogen) atoms. The van der Waals surface area contributed by atoms with E-state index in [1.807, 2.05) is 6.21 Å². The molecule has 0 unspecified atom stereocenters. The van der Waals surface area contributed by atoms with Crippen LogP contribution in [0.25, 0.3) is 0 Å². The molecule has 1 aromatic rings. The third kappa shape index (κ3) is 1.82. The normalized spacial score (nSPS) is 13.6. The van der Waals surface area contributed by atoms with Gasteiger partial charge in [-0.15, -0.1) is 0 Å². The first-order valence-corrected chi connectivity index (χ1v) is 5.11.